The van der Waals surface area contributed by atoms with Crippen molar-refractivity contribution in [1.29, 1.82) is 0 Å². The molecule has 1 heterocycles. The maximum absolute atomic E-state index is 13.4. The van der Waals surface area contributed by atoms with Crippen molar-refractivity contribution in [3.8, 4) is 5.75 Å². The molecule has 1 fully saturated rings. The number of nitrogens with zero attached hydrogens (tertiary/aromatic N) is 1. The number of Topliss-reactive ketones (excluding diaryl/α,β-unsaturated/α-hetero) is 1. The van der Waals surface area contributed by atoms with E-state index in [0.29, 0.717) is 11.3 Å². The summed E-state index contributed by atoms with van der Waals surface area (Å²) >= 11 is 1.59. The summed E-state index contributed by atoms with van der Waals surface area (Å²) in [5.74, 6) is -1.50. The fourth-order valence-corrected chi connectivity index (χ4v) is 4.60. The van der Waals surface area contributed by atoms with Gasteiger partial charge in [-0.3, -0.25) is 4.79 Å². The summed E-state index contributed by atoms with van der Waals surface area (Å²) in [6.07, 6.45) is 0.911. The molecule has 1 amide bonds. The molecule has 0 bridgehead atoms. The van der Waals surface area contributed by atoms with E-state index in [-0.39, 0.29) is 24.8 Å². The number of aryl methyl sites for hydroxylation is 2. The zero-order chi connectivity index (χ0) is 24.5. The van der Waals surface area contributed by atoms with Crippen molar-refractivity contribution in [1.82, 2.24) is 4.90 Å². The molecule has 2 N–H and O–H groups in total. The monoisotopic (exact) mass is 471 g/mol. The Hall–Kier alpha value is -3.00. The highest BCUT2D eigenvalue weighted by Gasteiger charge is 2.41. The highest BCUT2D eigenvalue weighted by Crippen LogP contribution is 2.39. The van der Waals surface area contributed by atoms with Crippen molar-refractivity contribution in [2.75, 3.05) is 19.3 Å². The third kappa shape index (κ3) is 5.16. The van der Waals surface area contributed by atoms with E-state index in [4.69, 9.17) is 4.74 Å². The number of ketones is 1. The molecule has 1 aliphatic heterocycles. The molecule has 8 heteroatoms. The second-order valence-electron chi connectivity index (χ2n) is 8.89. The smallest absolute Gasteiger partial charge is 0.407 e. The first kappa shape index (κ1) is 24.6. The van der Waals surface area contributed by atoms with Gasteiger partial charge in [0.15, 0.2) is 11.4 Å². The third-order valence-corrected chi connectivity index (χ3v) is 6.83. The van der Waals surface area contributed by atoms with E-state index in [9.17, 15) is 24.6 Å². The third-order valence-electron chi connectivity index (χ3n) is 6.08. The van der Waals surface area contributed by atoms with Crippen molar-refractivity contribution in [2.45, 2.75) is 44.1 Å². The van der Waals surface area contributed by atoms with Crippen LogP contribution in [0.2, 0.25) is 0 Å². The van der Waals surface area contributed by atoms with Crippen LogP contribution >= 0.6 is 11.8 Å². The lowest BCUT2D eigenvalue weighted by Crippen LogP contribution is -2.38. The first-order chi connectivity index (χ1) is 15.4. The largest absolute Gasteiger partial charge is 0.478 e. The zero-order valence-corrected chi connectivity index (χ0v) is 20.2. The number of carboxylic acids is 1. The van der Waals surface area contributed by atoms with Crippen molar-refractivity contribution < 1.29 is 29.3 Å². The summed E-state index contributed by atoms with van der Waals surface area (Å²) in [4.78, 5) is 38.9. The molecule has 7 nitrogen and oxygen atoms in total. The normalized spacial score (nSPS) is 18.3. The van der Waals surface area contributed by atoms with E-state index in [2.05, 4.69) is 0 Å². The summed E-state index contributed by atoms with van der Waals surface area (Å²) < 4.78 is 5.79. The highest BCUT2D eigenvalue weighted by molar-refractivity contribution is 7.98. The van der Waals surface area contributed by atoms with Crippen LogP contribution in [0.25, 0.3) is 0 Å². The van der Waals surface area contributed by atoms with E-state index >= 15 is 0 Å². The summed E-state index contributed by atoms with van der Waals surface area (Å²) in [5, 5.41) is 19.0. The first-order valence-electron chi connectivity index (χ1n) is 10.6. The molecule has 2 aromatic carbocycles. The van der Waals surface area contributed by atoms with Crippen LogP contribution in [0.3, 0.4) is 0 Å². The minimum Gasteiger partial charge on any atom is -0.478 e. The molecule has 0 aromatic heterocycles. The number of likely N-dealkylation sites (tertiary alicyclic amines) is 1. The van der Waals surface area contributed by atoms with Crippen LogP contribution in [0, 0.1) is 19.8 Å². The molecule has 0 unspecified atom stereocenters. The number of rotatable bonds is 7. The van der Waals surface area contributed by atoms with Gasteiger partial charge in [0.05, 0.1) is 0 Å². The highest BCUT2D eigenvalue weighted by atomic mass is 32.2. The topological polar surface area (TPSA) is 104 Å². The molecule has 3 rings (SSSR count). The maximum Gasteiger partial charge on any atom is 0.407 e. The summed E-state index contributed by atoms with van der Waals surface area (Å²) in [5.41, 5.74) is 1.48. The fourth-order valence-electron chi connectivity index (χ4n) is 4.19. The minimum absolute atomic E-state index is 0.0842. The van der Waals surface area contributed by atoms with E-state index < -0.39 is 23.6 Å². The van der Waals surface area contributed by atoms with Gasteiger partial charge in [0.2, 0.25) is 0 Å². The lowest BCUT2D eigenvalue weighted by molar-refractivity contribution is -0.152. The molecule has 33 heavy (non-hydrogen) atoms. The lowest BCUT2D eigenvalue weighted by atomic mass is 9.82. The second-order valence-corrected chi connectivity index (χ2v) is 9.77. The Labute approximate surface area is 197 Å². The first-order valence-corrected chi connectivity index (χ1v) is 11.9. The van der Waals surface area contributed by atoms with E-state index in [0.717, 1.165) is 21.6 Å². The van der Waals surface area contributed by atoms with Crippen LogP contribution in [0.4, 0.5) is 4.79 Å². The molecule has 176 valence electrons. The second kappa shape index (κ2) is 9.47. The van der Waals surface area contributed by atoms with Gasteiger partial charge in [-0.15, -0.1) is 11.8 Å². The summed E-state index contributed by atoms with van der Waals surface area (Å²) in [6, 6.07) is 11.1. The van der Waals surface area contributed by atoms with Crippen LogP contribution in [-0.4, -0.2) is 57.9 Å². The average Bonchev–Trinajstić information content (AvgIpc) is 3.21. The maximum atomic E-state index is 13.4. The van der Waals surface area contributed by atoms with E-state index in [1.54, 1.807) is 23.9 Å². The molecule has 0 radical (unpaired) electrons. The molecule has 2 atom stereocenters. The van der Waals surface area contributed by atoms with Crippen molar-refractivity contribution in [2.24, 2.45) is 5.92 Å². The van der Waals surface area contributed by atoms with Crippen LogP contribution in [0.1, 0.15) is 46.8 Å². The fraction of sp³-hybridized carbons (Fsp3) is 0.400. The van der Waals surface area contributed by atoms with Crippen LogP contribution in [0.15, 0.2) is 41.3 Å². The molecule has 0 aliphatic carbocycles. The van der Waals surface area contributed by atoms with Crippen molar-refractivity contribution >= 4 is 29.6 Å². The van der Waals surface area contributed by atoms with Gasteiger partial charge in [-0.1, -0.05) is 24.3 Å². The molecular formula is C25H29NO6S. The average molecular weight is 472 g/mol. The Morgan fingerprint density at radius 1 is 1.03 bits per heavy atom. The number of thioether (sulfide) groups is 1. The van der Waals surface area contributed by atoms with Crippen molar-refractivity contribution in [3.05, 3.63) is 58.7 Å². The summed E-state index contributed by atoms with van der Waals surface area (Å²) in [7, 11) is 0. The van der Waals surface area contributed by atoms with Gasteiger partial charge in [0, 0.05) is 35.4 Å². The van der Waals surface area contributed by atoms with Crippen LogP contribution < -0.4 is 4.74 Å². The van der Waals surface area contributed by atoms with E-state index in [1.165, 1.54) is 18.7 Å². The Balaban J connectivity index is 1.96. The predicted molar refractivity (Wildman–Crippen MR) is 127 cm³/mol. The number of ether oxygens (including phenoxy) is 1. The van der Waals surface area contributed by atoms with Gasteiger partial charge in [0.25, 0.3) is 0 Å². The van der Waals surface area contributed by atoms with E-state index in [1.807, 2.05) is 44.4 Å². The Morgan fingerprint density at radius 2 is 1.61 bits per heavy atom. The number of carbonyl (C=O) groups is 3. The lowest BCUT2D eigenvalue weighted by Gasteiger charge is -2.26. The number of amides is 1. The van der Waals surface area contributed by atoms with Gasteiger partial charge >= 0.3 is 12.1 Å². The van der Waals surface area contributed by atoms with Gasteiger partial charge < -0.3 is 19.8 Å². The standard InChI is InChI=1S/C25H29NO6S/c1-14-10-17(11-15(2)22(14)32-25(3,4)23(28)29)19-12-26(24(30)31)13-20(19)21(27)16-6-8-18(33-5)9-7-16/h6-11,19-20H,12-13H2,1-5H3,(H,28,29)(H,30,31)/t19-,20+/m1/s1. The number of aliphatic carboxylic acids is 1. The number of benzene rings is 2. The minimum atomic E-state index is -1.40. The number of carboxylic acid groups (broad SMARTS) is 2. The molecule has 0 spiro atoms. The van der Waals surface area contributed by atoms with Gasteiger partial charge in [0.1, 0.15) is 5.75 Å². The van der Waals surface area contributed by atoms with Crippen LogP contribution in [-0.2, 0) is 4.79 Å². The van der Waals surface area contributed by atoms with Gasteiger partial charge in [-0.05, 0) is 62.8 Å². The number of carbonyl (C=O) groups excluding carboxylic acids is 1. The Kier molecular flexibility index (Phi) is 7.07. The van der Waals surface area contributed by atoms with Crippen LogP contribution in [0.5, 0.6) is 5.75 Å². The quantitative estimate of drug-likeness (QED) is 0.440. The number of hydrogen-bond donors (Lipinski definition) is 2. The Morgan fingerprint density at radius 3 is 2.09 bits per heavy atom. The molecule has 2 aromatic rings. The Bertz CT molecular complexity index is 1060. The predicted octanol–water partition coefficient (Wildman–Crippen LogP) is 4.84. The molecular weight excluding hydrogens is 442 g/mol. The van der Waals surface area contributed by atoms with Gasteiger partial charge in [-0.25, -0.2) is 9.59 Å². The zero-order valence-electron chi connectivity index (χ0n) is 19.4. The summed E-state index contributed by atoms with van der Waals surface area (Å²) in [6.45, 7) is 6.97. The molecule has 1 saturated heterocycles. The molecule has 0 saturated carbocycles. The number of hydrogen-bond acceptors (Lipinski definition) is 5. The molecule has 1 aliphatic rings. The SMILES string of the molecule is CSc1ccc(C(=O)[C@H]2CN(C(=O)O)C[C@@H]2c2cc(C)c(OC(C)(C)C(=O)O)c(C)c2)cc1. The van der Waals surface area contributed by atoms with Crippen molar-refractivity contribution in [3.63, 3.8) is 0 Å². The van der Waals surface area contributed by atoms with Gasteiger partial charge in [-0.2, -0.15) is 0 Å².